The van der Waals surface area contributed by atoms with Crippen molar-refractivity contribution < 1.29 is 29.2 Å². The molecule has 8 nitrogen and oxygen atoms in total. The number of aliphatic hydroxyl groups is 1. The number of carbonyl (C=O) groups excluding carboxylic acids is 1. The van der Waals surface area contributed by atoms with Gasteiger partial charge in [-0.1, -0.05) is 12.1 Å². The molecule has 0 spiro atoms. The number of likely N-dealkylation sites (tertiary alicyclic amines) is 1. The molecule has 43 heavy (non-hydrogen) atoms. The van der Waals surface area contributed by atoms with Gasteiger partial charge in [0.25, 0.3) is 0 Å². The average molecular weight is 603 g/mol. The van der Waals surface area contributed by atoms with Gasteiger partial charge in [0.15, 0.2) is 5.78 Å². The minimum atomic E-state index is -0.0902. The molecule has 2 fully saturated rings. The van der Waals surface area contributed by atoms with Gasteiger partial charge in [0.05, 0.1) is 26.9 Å². The summed E-state index contributed by atoms with van der Waals surface area (Å²) in [5, 5.41) is 20.5. The van der Waals surface area contributed by atoms with Crippen LogP contribution in [0, 0.1) is 0 Å². The van der Waals surface area contributed by atoms with Gasteiger partial charge < -0.3 is 24.4 Å². The van der Waals surface area contributed by atoms with Gasteiger partial charge >= 0.3 is 0 Å². The lowest BCUT2D eigenvalue weighted by Crippen LogP contribution is -2.35. The summed E-state index contributed by atoms with van der Waals surface area (Å²) in [7, 11) is 1.64. The predicted octanol–water partition coefficient (Wildman–Crippen LogP) is 5.18. The number of aromatic hydroxyl groups is 1. The van der Waals surface area contributed by atoms with E-state index in [1.54, 1.807) is 19.2 Å². The van der Waals surface area contributed by atoms with Crippen molar-refractivity contribution in [3.8, 4) is 27.7 Å². The molecule has 2 aliphatic heterocycles. The normalized spacial score (nSPS) is 17.9. The average Bonchev–Trinajstić information content (AvgIpc) is 3.65. The number of hydrogen-bond donors (Lipinski definition) is 2. The van der Waals surface area contributed by atoms with Crippen molar-refractivity contribution in [3.05, 3.63) is 77.4 Å². The first-order valence-electron chi connectivity index (χ1n) is 14.9. The molecule has 0 amide bonds. The number of ether oxygens (including phenoxy) is 3. The van der Waals surface area contributed by atoms with Crippen LogP contribution in [0.15, 0.2) is 60.7 Å². The van der Waals surface area contributed by atoms with E-state index in [-0.39, 0.29) is 24.2 Å². The second kappa shape index (κ2) is 13.4. The quantitative estimate of drug-likeness (QED) is 0.227. The Morgan fingerprint density at radius 3 is 2.63 bits per heavy atom. The van der Waals surface area contributed by atoms with Crippen molar-refractivity contribution in [1.82, 2.24) is 9.80 Å². The fourth-order valence-corrected chi connectivity index (χ4v) is 7.29. The van der Waals surface area contributed by atoms with E-state index in [1.807, 2.05) is 48.5 Å². The maximum Gasteiger partial charge on any atom is 0.195 e. The highest BCUT2D eigenvalue weighted by molar-refractivity contribution is 7.22. The van der Waals surface area contributed by atoms with Crippen molar-refractivity contribution in [2.45, 2.75) is 25.4 Å². The van der Waals surface area contributed by atoms with Crippen LogP contribution in [-0.2, 0) is 11.3 Å². The zero-order valence-electron chi connectivity index (χ0n) is 24.5. The number of rotatable bonds is 11. The number of morpholine rings is 1. The topological polar surface area (TPSA) is 91.7 Å². The molecule has 3 heterocycles. The summed E-state index contributed by atoms with van der Waals surface area (Å²) in [5.41, 5.74) is 3.11. The zero-order chi connectivity index (χ0) is 29.8. The standard InChI is InChI=1S/C34H38N2O6S/c1-40-30-19-24(4-5-25(30)21-35-13-16-41-17-14-35)33(39)32-29-11-8-27(38)20-31(29)43-34(32)23-6-9-28(10-7-23)42-18-15-36-12-2-3-26(36)22-37/h4-11,19-20,26,37-38H,2-3,12-18,21-22H2,1H3/t26-/m0/s1. The number of fused-ring (bicyclic) bond motifs is 1. The molecule has 6 rings (SSSR count). The molecule has 4 aromatic rings. The Hall–Kier alpha value is -3.47. The lowest BCUT2D eigenvalue weighted by atomic mass is 9.96. The molecule has 2 N–H and O–H groups in total. The number of hydrogen-bond acceptors (Lipinski definition) is 9. The maximum atomic E-state index is 14.2. The summed E-state index contributed by atoms with van der Waals surface area (Å²) in [5.74, 6) is 1.53. The number of methoxy groups -OCH3 is 1. The van der Waals surface area contributed by atoms with Crippen LogP contribution in [0.5, 0.6) is 17.2 Å². The number of phenolic OH excluding ortho intramolecular Hbond substituents is 1. The number of thiophene rings is 1. The number of benzene rings is 3. The highest BCUT2D eigenvalue weighted by atomic mass is 32.1. The van der Waals surface area contributed by atoms with E-state index in [2.05, 4.69) is 9.80 Å². The van der Waals surface area contributed by atoms with Crippen molar-refractivity contribution in [2.75, 3.05) is 59.7 Å². The molecular formula is C34H38N2O6S. The minimum Gasteiger partial charge on any atom is -0.508 e. The molecule has 2 saturated heterocycles. The van der Waals surface area contributed by atoms with E-state index < -0.39 is 0 Å². The molecule has 9 heteroatoms. The van der Waals surface area contributed by atoms with Crippen molar-refractivity contribution in [1.29, 1.82) is 0 Å². The van der Waals surface area contributed by atoms with Gasteiger partial charge in [-0.25, -0.2) is 0 Å². The van der Waals surface area contributed by atoms with Gasteiger partial charge in [-0.2, -0.15) is 0 Å². The monoisotopic (exact) mass is 602 g/mol. The van der Waals surface area contributed by atoms with Crippen molar-refractivity contribution in [2.24, 2.45) is 0 Å². The Morgan fingerprint density at radius 1 is 1.05 bits per heavy atom. The maximum absolute atomic E-state index is 14.2. The van der Waals surface area contributed by atoms with Crippen molar-refractivity contribution in [3.63, 3.8) is 0 Å². The van der Waals surface area contributed by atoms with Crippen LogP contribution < -0.4 is 9.47 Å². The summed E-state index contributed by atoms with van der Waals surface area (Å²) in [6, 6.07) is 18.9. The molecule has 0 unspecified atom stereocenters. The van der Waals surface area contributed by atoms with E-state index in [0.717, 1.165) is 90.6 Å². The zero-order valence-corrected chi connectivity index (χ0v) is 25.3. The van der Waals surface area contributed by atoms with Crippen molar-refractivity contribution >= 4 is 27.2 Å². The first kappa shape index (κ1) is 29.6. The van der Waals surface area contributed by atoms with Crippen LogP contribution in [0.4, 0.5) is 0 Å². The Morgan fingerprint density at radius 2 is 1.86 bits per heavy atom. The predicted molar refractivity (Wildman–Crippen MR) is 169 cm³/mol. The van der Waals surface area contributed by atoms with Crippen LogP contribution in [0.3, 0.4) is 0 Å². The summed E-state index contributed by atoms with van der Waals surface area (Å²) in [6.07, 6.45) is 2.14. The Labute approximate surface area is 256 Å². The second-order valence-corrected chi connectivity index (χ2v) is 12.2. The third-order valence-electron chi connectivity index (χ3n) is 8.42. The lowest BCUT2D eigenvalue weighted by molar-refractivity contribution is 0.0339. The molecule has 3 aromatic carbocycles. The van der Waals surface area contributed by atoms with E-state index in [1.165, 1.54) is 11.3 Å². The van der Waals surface area contributed by atoms with Gasteiger partial charge in [-0.15, -0.1) is 11.3 Å². The lowest BCUT2D eigenvalue weighted by Gasteiger charge is -2.27. The first-order chi connectivity index (χ1) is 21.0. The Bertz CT molecular complexity index is 1560. The van der Waals surface area contributed by atoms with Gasteiger partial charge in [-0.05, 0) is 73.5 Å². The fraction of sp³-hybridized carbons (Fsp3) is 0.382. The van der Waals surface area contributed by atoms with Gasteiger partial charge in [-0.3, -0.25) is 14.6 Å². The van der Waals surface area contributed by atoms with Crippen LogP contribution >= 0.6 is 11.3 Å². The summed E-state index contributed by atoms with van der Waals surface area (Å²) >= 11 is 1.49. The molecule has 0 radical (unpaired) electrons. The fourth-order valence-electron chi connectivity index (χ4n) is 6.05. The molecule has 1 atom stereocenters. The van der Waals surface area contributed by atoms with Gasteiger partial charge in [0.1, 0.15) is 23.9 Å². The summed E-state index contributed by atoms with van der Waals surface area (Å²) in [4.78, 5) is 19.6. The number of phenols is 1. The molecule has 0 bridgehead atoms. The van der Waals surface area contributed by atoms with Crippen LogP contribution in [-0.4, -0.2) is 91.6 Å². The Kier molecular flexibility index (Phi) is 9.25. The third-order valence-corrected chi connectivity index (χ3v) is 9.62. The third kappa shape index (κ3) is 6.56. The summed E-state index contributed by atoms with van der Waals surface area (Å²) < 4.78 is 18.1. The first-order valence-corrected chi connectivity index (χ1v) is 15.7. The van der Waals surface area contributed by atoms with Gasteiger partial charge in [0, 0.05) is 63.9 Å². The smallest absolute Gasteiger partial charge is 0.195 e. The van der Waals surface area contributed by atoms with Crippen LogP contribution in [0.2, 0.25) is 0 Å². The summed E-state index contributed by atoms with van der Waals surface area (Å²) in [6.45, 7) is 6.42. The highest BCUT2D eigenvalue weighted by Gasteiger charge is 2.25. The minimum absolute atomic E-state index is 0.0902. The number of carbonyl (C=O) groups is 1. The Balaban J connectivity index is 1.25. The molecule has 226 valence electrons. The highest BCUT2D eigenvalue weighted by Crippen LogP contribution is 2.42. The molecule has 0 aliphatic carbocycles. The molecule has 0 saturated carbocycles. The van der Waals surface area contributed by atoms with E-state index in [4.69, 9.17) is 14.2 Å². The van der Waals surface area contributed by atoms with Crippen LogP contribution in [0.1, 0.15) is 34.3 Å². The number of ketones is 1. The van der Waals surface area contributed by atoms with E-state index >= 15 is 0 Å². The van der Waals surface area contributed by atoms with E-state index in [9.17, 15) is 15.0 Å². The van der Waals surface area contributed by atoms with Gasteiger partial charge in [0.2, 0.25) is 0 Å². The number of nitrogens with zero attached hydrogens (tertiary/aromatic N) is 2. The SMILES string of the molecule is COc1cc(C(=O)c2c(-c3ccc(OCCN4CCC[C@H]4CO)cc3)sc3cc(O)ccc23)ccc1CN1CCOCC1. The van der Waals surface area contributed by atoms with E-state index in [0.29, 0.717) is 23.5 Å². The largest absolute Gasteiger partial charge is 0.508 e. The molecule has 1 aromatic heterocycles. The number of aliphatic hydroxyl groups excluding tert-OH is 1. The molecule has 2 aliphatic rings. The molecular weight excluding hydrogens is 564 g/mol. The second-order valence-electron chi connectivity index (χ2n) is 11.1. The van der Waals surface area contributed by atoms with Crippen LogP contribution in [0.25, 0.3) is 20.5 Å².